The second-order valence-corrected chi connectivity index (χ2v) is 7.29. The predicted molar refractivity (Wildman–Crippen MR) is 176 cm³/mol. The standard InChI is InChI=1S/C6H6.C5H5N.3C4H4N2.3C3H3N3/c2*1-2-4-6-5-3-1;1-2-6-4-3-5-1;1-2-5-4-6-3-1;1-2-4-6-5-3-1;1-4-2-6-3-5-1;1-2-5-6-3-4-1;1-2-4-6-5-3-1/h1-6H;1-5H;3*1-4H;3*1-3H. The van der Waals surface area contributed by atoms with Gasteiger partial charge in [0.2, 0.25) is 0 Å². The van der Waals surface area contributed by atoms with Gasteiger partial charge in [-0.25, -0.2) is 29.9 Å². The molecule has 0 bridgehead atoms. The molecule has 0 N–H and O–H groups in total. The van der Waals surface area contributed by atoms with Crippen LogP contribution in [0.15, 0.2) is 197 Å². The van der Waals surface area contributed by atoms with Crippen LogP contribution in [-0.4, -0.2) is 80.7 Å². The monoisotopic (exact) mass is 640 g/mol. The summed E-state index contributed by atoms with van der Waals surface area (Å²) in [4.78, 5) is 32.9. The SMILES string of the molecule is c1ccccc1.c1ccncc1.c1ccnnc1.c1cnccn1.c1cncnc1.c1cnncn1.c1cnnnc1.c1ncncn1. The number of aromatic nitrogens is 16. The van der Waals surface area contributed by atoms with Gasteiger partial charge in [0, 0.05) is 68.2 Å². The number of hydrogen-bond donors (Lipinski definition) is 0. The molecule has 8 rings (SSSR count). The Hall–Kier alpha value is -7.36. The quantitative estimate of drug-likeness (QED) is 0.231. The predicted octanol–water partition coefficient (Wildman–Crippen LogP) is 3.81. The Balaban J connectivity index is 0.000000274. The van der Waals surface area contributed by atoms with E-state index in [9.17, 15) is 0 Å². The summed E-state index contributed by atoms with van der Waals surface area (Å²) in [6.45, 7) is 0. The molecule has 0 saturated carbocycles. The van der Waals surface area contributed by atoms with Gasteiger partial charge >= 0.3 is 0 Å². The van der Waals surface area contributed by atoms with Gasteiger partial charge in [0.25, 0.3) is 0 Å². The summed E-state index contributed by atoms with van der Waals surface area (Å²) in [5.41, 5.74) is 0. The highest BCUT2D eigenvalue weighted by molar-refractivity contribution is 4.99. The number of nitrogens with zero attached hydrogens (tertiary/aromatic N) is 16. The Kier molecular flexibility index (Phi) is 28.9. The van der Waals surface area contributed by atoms with Crippen molar-refractivity contribution in [3.05, 3.63) is 197 Å². The number of hydrogen-bond acceptors (Lipinski definition) is 16. The minimum Gasteiger partial charge on any atom is -0.265 e. The first-order valence-electron chi connectivity index (χ1n) is 13.7. The minimum atomic E-state index is 1.39. The van der Waals surface area contributed by atoms with Crippen molar-refractivity contribution in [3.63, 3.8) is 0 Å². The van der Waals surface area contributed by atoms with E-state index in [2.05, 4.69) is 80.7 Å². The molecule has 0 unspecified atom stereocenters. The molecule has 0 saturated heterocycles. The third kappa shape index (κ3) is 33.1. The maximum absolute atomic E-state index is 3.78. The second-order valence-electron chi connectivity index (χ2n) is 7.29. The fourth-order valence-corrected chi connectivity index (χ4v) is 2.07. The zero-order valence-electron chi connectivity index (χ0n) is 25.6. The molecule has 0 fully saturated rings. The van der Waals surface area contributed by atoms with Crippen molar-refractivity contribution in [2.45, 2.75) is 0 Å². The molecule has 16 heteroatoms. The van der Waals surface area contributed by atoms with Crippen molar-refractivity contribution < 1.29 is 0 Å². The summed E-state index contributed by atoms with van der Waals surface area (Å²) in [5.74, 6) is 0. The van der Waals surface area contributed by atoms with Crippen LogP contribution in [0.3, 0.4) is 0 Å². The zero-order valence-corrected chi connectivity index (χ0v) is 25.6. The molecule has 8 aromatic rings. The Morgan fingerprint density at radius 1 is 0.167 bits per heavy atom. The lowest BCUT2D eigenvalue weighted by atomic mass is 10.4. The minimum absolute atomic E-state index is 1.39. The van der Waals surface area contributed by atoms with E-state index in [-0.39, 0.29) is 0 Å². The molecule has 48 heavy (non-hydrogen) atoms. The Labute approximate surface area is 277 Å². The van der Waals surface area contributed by atoms with E-state index >= 15 is 0 Å². The molecule has 0 spiro atoms. The molecule has 0 atom stereocenters. The highest BCUT2D eigenvalue weighted by Gasteiger charge is 1.63. The molecule has 16 nitrogen and oxygen atoms in total. The summed E-state index contributed by atoms with van der Waals surface area (Å²) in [6.07, 6.45) is 30.2. The van der Waals surface area contributed by atoms with Crippen LogP contribution in [-0.2, 0) is 0 Å². The second kappa shape index (κ2) is 35.8. The van der Waals surface area contributed by atoms with Gasteiger partial charge in [-0.05, 0) is 41.6 Å². The van der Waals surface area contributed by atoms with Crippen LogP contribution < -0.4 is 0 Å². The maximum atomic E-state index is 3.78. The topological polar surface area (TPSA) is 206 Å². The molecule has 7 aromatic heterocycles. The Morgan fingerprint density at radius 2 is 0.500 bits per heavy atom. The smallest absolute Gasteiger partial charge is 0.138 e. The summed E-state index contributed by atoms with van der Waals surface area (Å²) in [6, 6.07) is 24.9. The zero-order chi connectivity index (χ0) is 33.9. The lowest BCUT2D eigenvalue weighted by molar-refractivity contribution is 0.865. The van der Waals surface area contributed by atoms with E-state index < -0.39 is 0 Å². The van der Waals surface area contributed by atoms with Gasteiger partial charge in [0.1, 0.15) is 31.6 Å². The molecule has 0 aliphatic carbocycles. The van der Waals surface area contributed by atoms with Gasteiger partial charge in [-0.2, -0.15) is 15.3 Å². The van der Waals surface area contributed by atoms with E-state index in [1.807, 2.05) is 66.7 Å². The first-order chi connectivity index (χ1) is 24.0. The van der Waals surface area contributed by atoms with E-state index in [1.165, 1.54) is 37.8 Å². The van der Waals surface area contributed by atoms with Crippen molar-refractivity contribution in [1.29, 1.82) is 0 Å². The van der Waals surface area contributed by atoms with Crippen LogP contribution in [0.5, 0.6) is 0 Å². The van der Waals surface area contributed by atoms with Gasteiger partial charge in [0.15, 0.2) is 0 Å². The van der Waals surface area contributed by atoms with Crippen molar-refractivity contribution in [1.82, 2.24) is 80.7 Å². The fourth-order valence-electron chi connectivity index (χ4n) is 2.07. The van der Waals surface area contributed by atoms with Crippen molar-refractivity contribution >= 4 is 0 Å². The number of benzene rings is 1. The van der Waals surface area contributed by atoms with Crippen LogP contribution in [0.1, 0.15) is 0 Å². The van der Waals surface area contributed by atoms with Gasteiger partial charge in [0.05, 0.1) is 18.6 Å². The third-order valence-corrected chi connectivity index (χ3v) is 3.88. The van der Waals surface area contributed by atoms with E-state index in [0.29, 0.717) is 0 Å². The van der Waals surface area contributed by atoms with Gasteiger partial charge in [-0.3, -0.25) is 15.0 Å². The van der Waals surface area contributed by atoms with E-state index in [0.717, 1.165) is 0 Å². The van der Waals surface area contributed by atoms with Crippen molar-refractivity contribution in [2.75, 3.05) is 0 Å². The van der Waals surface area contributed by atoms with Gasteiger partial charge in [-0.1, -0.05) is 42.5 Å². The highest BCUT2D eigenvalue weighted by atomic mass is 15.3. The molecule has 7 heterocycles. The first-order valence-corrected chi connectivity index (χ1v) is 13.7. The number of rotatable bonds is 0. The Morgan fingerprint density at radius 3 is 0.667 bits per heavy atom. The average Bonchev–Trinajstić information content (AvgIpc) is 3.25. The lowest BCUT2D eigenvalue weighted by Crippen LogP contribution is -1.78. The molecular weight excluding hydrogens is 608 g/mol. The Bertz CT molecular complexity index is 998. The van der Waals surface area contributed by atoms with Crippen molar-refractivity contribution in [3.8, 4) is 0 Å². The van der Waals surface area contributed by atoms with E-state index in [4.69, 9.17) is 0 Å². The molecule has 240 valence electrons. The molecule has 0 amide bonds. The fraction of sp³-hybridized carbons (Fsp3) is 0. The van der Waals surface area contributed by atoms with Crippen LogP contribution in [0.4, 0.5) is 0 Å². The summed E-state index contributed by atoms with van der Waals surface area (Å²) >= 11 is 0. The van der Waals surface area contributed by atoms with Crippen LogP contribution in [0, 0.1) is 0 Å². The molecular formula is C32H32N16. The van der Waals surface area contributed by atoms with Gasteiger partial charge in [-0.15, -0.1) is 15.3 Å². The summed E-state index contributed by atoms with van der Waals surface area (Å²) in [5, 5.41) is 24.1. The summed E-state index contributed by atoms with van der Waals surface area (Å²) < 4.78 is 0. The largest absolute Gasteiger partial charge is 0.265 e. The lowest BCUT2D eigenvalue weighted by Gasteiger charge is -1.70. The molecule has 0 radical (unpaired) electrons. The number of pyridine rings is 1. The van der Waals surface area contributed by atoms with E-state index in [1.54, 1.807) is 92.7 Å². The molecule has 0 aliphatic heterocycles. The van der Waals surface area contributed by atoms with Crippen LogP contribution in [0.2, 0.25) is 0 Å². The maximum Gasteiger partial charge on any atom is 0.138 e. The first kappa shape index (κ1) is 38.7. The average molecular weight is 641 g/mol. The van der Waals surface area contributed by atoms with Crippen molar-refractivity contribution in [2.24, 2.45) is 0 Å². The van der Waals surface area contributed by atoms with Gasteiger partial charge < -0.3 is 0 Å². The summed E-state index contributed by atoms with van der Waals surface area (Å²) in [7, 11) is 0. The molecule has 0 aliphatic rings. The molecule has 1 aromatic carbocycles. The highest BCUT2D eigenvalue weighted by Crippen LogP contribution is 1.80. The third-order valence-electron chi connectivity index (χ3n) is 3.88. The van der Waals surface area contributed by atoms with Crippen LogP contribution in [0.25, 0.3) is 0 Å². The van der Waals surface area contributed by atoms with Crippen LogP contribution >= 0.6 is 0 Å². The normalized spacial score (nSPS) is 8.00.